The van der Waals surface area contributed by atoms with Crippen LogP contribution in [0.25, 0.3) is 5.69 Å². The number of anilines is 1. The molecule has 32 heavy (non-hydrogen) atoms. The fourth-order valence-corrected chi connectivity index (χ4v) is 2.78. The maximum atomic E-state index is 13.3. The van der Waals surface area contributed by atoms with Gasteiger partial charge in [-0.3, -0.25) is 9.59 Å². The van der Waals surface area contributed by atoms with E-state index in [0.29, 0.717) is 5.69 Å². The Bertz CT molecular complexity index is 1230. The SMILES string of the molecule is CCOC(=O)c1nn(-c2ccccc2C)c(=O)cc1OCC(=O)Nc1ccc(F)c(F)c1. The third-order valence-corrected chi connectivity index (χ3v) is 4.27. The minimum Gasteiger partial charge on any atom is -0.481 e. The van der Waals surface area contributed by atoms with Crippen molar-refractivity contribution in [3.63, 3.8) is 0 Å². The number of esters is 1. The van der Waals surface area contributed by atoms with Crippen LogP contribution < -0.4 is 15.6 Å². The fourth-order valence-electron chi connectivity index (χ4n) is 2.78. The Balaban J connectivity index is 1.86. The normalized spacial score (nSPS) is 10.5. The number of hydrogen-bond acceptors (Lipinski definition) is 6. The number of nitrogens with one attached hydrogen (secondary N) is 1. The van der Waals surface area contributed by atoms with Crippen LogP contribution in [0.3, 0.4) is 0 Å². The molecule has 1 amide bonds. The monoisotopic (exact) mass is 443 g/mol. The van der Waals surface area contributed by atoms with E-state index < -0.39 is 35.7 Å². The molecule has 0 aliphatic carbocycles. The summed E-state index contributed by atoms with van der Waals surface area (Å²) >= 11 is 0. The molecule has 1 heterocycles. The number of aryl methyl sites for hydroxylation is 1. The van der Waals surface area contributed by atoms with Gasteiger partial charge in [0.15, 0.2) is 24.0 Å². The predicted octanol–water partition coefficient (Wildman–Crippen LogP) is 3.01. The zero-order chi connectivity index (χ0) is 23.3. The molecule has 0 radical (unpaired) electrons. The largest absolute Gasteiger partial charge is 0.481 e. The highest BCUT2D eigenvalue weighted by atomic mass is 19.2. The summed E-state index contributed by atoms with van der Waals surface area (Å²) < 4.78 is 37.7. The van der Waals surface area contributed by atoms with E-state index in [0.717, 1.165) is 28.4 Å². The van der Waals surface area contributed by atoms with Gasteiger partial charge in [-0.15, -0.1) is 0 Å². The topological polar surface area (TPSA) is 99.5 Å². The van der Waals surface area contributed by atoms with E-state index in [1.807, 2.05) is 0 Å². The molecule has 0 fully saturated rings. The first kappa shape index (κ1) is 22.6. The lowest BCUT2D eigenvalue weighted by molar-refractivity contribution is -0.118. The van der Waals surface area contributed by atoms with E-state index in [9.17, 15) is 23.2 Å². The molecule has 3 aromatic rings. The van der Waals surface area contributed by atoms with Gasteiger partial charge in [0.05, 0.1) is 18.4 Å². The van der Waals surface area contributed by atoms with Gasteiger partial charge in [-0.25, -0.2) is 13.6 Å². The number of aromatic nitrogens is 2. The summed E-state index contributed by atoms with van der Waals surface area (Å²) in [6, 6.07) is 10.8. The lowest BCUT2D eigenvalue weighted by Gasteiger charge is -2.13. The number of halogens is 2. The molecule has 0 bridgehead atoms. The number of amides is 1. The lowest BCUT2D eigenvalue weighted by Crippen LogP contribution is -2.27. The summed E-state index contributed by atoms with van der Waals surface area (Å²) in [5.41, 5.74) is 0.331. The van der Waals surface area contributed by atoms with E-state index in [1.54, 1.807) is 38.1 Å². The molecular weight excluding hydrogens is 424 g/mol. The van der Waals surface area contributed by atoms with Crippen molar-refractivity contribution >= 4 is 17.6 Å². The summed E-state index contributed by atoms with van der Waals surface area (Å²) in [5.74, 6) is -4.01. The highest BCUT2D eigenvalue weighted by Crippen LogP contribution is 2.18. The zero-order valence-electron chi connectivity index (χ0n) is 17.2. The average Bonchev–Trinajstić information content (AvgIpc) is 2.75. The van der Waals surface area contributed by atoms with Crippen molar-refractivity contribution in [2.75, 3.05) is 18.5 Å². The molecule has 0 unspecified atom stereocenters. The average molecular weight is 443 g/mol. The Morgan fingerprint density at radius 2 is 1.84 bits per heavy atom. The van der Waals surface area contributed by atoms with Gasteiger partial charge in [-0.2, -0.15) is 9.78 Å². The molecule has 166 valence electrons. The van der Waals surface area contributed by atoms with E-state index in [1.165, 1.54) is 6.07 Å². The number of carbonyl (C=O) groups is 2. The number of hydrogen-bond donors (Lipinski definition) is 1. The number of para-hydroxylation sites is 1. The highest BCUT2D eigenvalue weighted by Gasteiger charge is 2.21. The molecule has 8 nitrogen and oxygen atoms in total. The summed E-state index contributed by atoms with van der Waals surface area (Å²) in [6.45, 7) is 2.81. The quantitative estimate of drug-likeness (QED) is 0.564. The molecule has 0 saturated heterocycles. The van der Waals surface area contributed by atoms with Gasteiger partial charge in [-0.05, 0) is 37.6 Å². The molecular formula is C22H19F2N3O5. The molecule has 10 heteroatoms. The van der Waals surface area contributed by atoms with Crippen LogP contribution in [0.2, 0.25) is 0 Å². The molecule has 2 aromatic carbocycles. The molecule has 1 aromatic heterocycles. The lowest BCUT2D eigenvalue weighted by atomic mass is 10.2. The van der Waals surface area contributed by atoms with Gasteiger partial charge >= 0.3 is 5.97 Å². The number of nitrogens with zero attached hydrogens (tertiary/aromatic N) is 2. The van der Waals surface area contributed by atoms with Crippen molar-refractivity contribution in [3.8, 4) is 11.4 Å². The maximum absolute atomic E-state index is 13.3. The Labute approximate surface area is 181 Å². The van der Waals surface area contributed by atoms with Crippen LogP contribution in [0.4, 0.5) is 14.5 Å². The smallest absolute Gasteiger partial charge is 0.362 e. The van der Waals surface area contributed by atoms with Crippen LogP contribution >= 0.6 is 0 Å². The highest BCUT2D eigenvalue weighted by molar-refractivity contribution is 5.93. The van der Waals surface area contributed by atoms with E-state index in [4.69, 9.17) is 9.47 Å². The summed E-state index contributed by atoms with van der Waals surface area (Å²) in [6.07, 6.45) is 0. The van der Waals surface area contributed by atoms with Crippen molar-refractivity contribution in [1.82, 2.24) is 9.78 Å². The molecule has 1 N–H and O–H groups in total. The second-order valence-electron chi connectivity index (χ2n) is 6.58. The molecule has 0 saturated carbocycles. The molecule has 0 aliphatic rings. The van der Waals surface area contributed by atoms with Crippen LogP contribution in [0.15, 0.2) is 53.3 Å². The van der Waals surface area contributed by atoms with Crippen molar-refractivity contribution in [3.05, 3.63) is 81.8 Å². The minimum atomic E-state index is -1.13. The van der Waals surface area contributed by atoms with Crippen LogP contribution in [0.5, 0.6) is 5.75 Å². The van der Waals surface area contributed by atoms with E-state index in [-0.39, 0.29) is 23.7 Å². The first-order valence-corrected chi connectivity index (χ1v) is 9.55. The third-order valence-electron chi connectivity index (χ3n) is 4.27. The fraction of sp³-hybridized carbons (Fsp3) is 0.182. The summed E-state index contributed by atoms with van der Waals surface area (Å²) in [5, 5.41) is 6.41. The Morgan fingerprint density at radius 1 is 1.09 bits per heavy atom. The van der Waals surface area contributed by atoms with Crippen LogP contribution in [0, 0.1) is 18.6 Å². The standard InChI is InChI=1S/C22H19F2N3O5/c1-3-31-22(30)21-18(11-20(29)27(26-21)17-7-5-4-6-13(17)2)32-12-19(28)25-14-8-9-15(23)16(24)10-14/h4-11H,3,12H2,1-2H3,(H,25,28). The predicted molar refractivity (Wildman–Crippen MR) is 111 cm³/mol. The van der Waals surface area contributed by atoms with E-state index in [2.05, 4.69) is 10.4 Å². The van der Waals surface area contributed by atoms with Gasteiger partial charge in [0.25, 0.3) is 11.5 Å². The Morgan fingerprint density at radius 3 is 2.53 bits per heavy atom. The van der Waals surface area contributed by atoms with Crippen molar-refractivity contribution in [2.45, 2.75) is 13.8 Å². The van der Waals surface area contributed by atoms with Gasteiger partial charge in [0.1, 0.15) is 0 Å². The van der Waals surface area contributed by atoms with Crippen LogP contribution in [-0.2, 0) is 9.53 Å². The number of rotatable bonds is 7. The molecule has 0 atom stereocenters. The summed E-state index contributed by atoms with van der Waals surface area (Å²) in [7, 11) is 0. The van der Waals surface area contributed by atoms with Crippen molar-refractivity contribution in [1.29, 1.82) is 0 Å². The van der Waals surface area contributed by atoms with Crippen LogP contribution in [-0.4, -0.2) is 34.9 Å². The van der Waals surface area contributed by atoms with Gasteiger partial charge < -0.3 is 14.8 Å². The molecule has 0 aliphatic heterocycles. The first-order valence-electron chi connectivity index (χ1n) is 9.55. The second-order valence-corrected chi connectivity index (χ2v) is 6.58. The zero-order valence-corrected chi connectivity index (χ0v) is 17.2. The van der Waals surface area contributed by atoms with Gasteiger partial charge in [-0.1, -0.05) is 18.2 Å². The minimum absolute atomic E-state index is 0.0104. The van der Waals surface area contributed by atoms with E-state index >= 15 is 0 Å². The second kappa shape index (κ2) is 9.82. The molecule has 0 spiro atoms. The number of benzene rings is 2. The Hall–Kier alpha value is -4.08. The maximum Gasteiger partial charge on any atom is 0.362 e. The Kier molecular flexibility index (Phi) is 6.93. The summed E-state index contributed by atoms with van der Waals surface area (Å²) in [4.78, 5) is 37.1. The van der Waals surface area contributed by atoms with Gasteiger partial charge in [0.2, 0.25) is 5.69 Å². The first-order chi connectivity index (χ1) is 15.3. The number of carbonyl (C=O) groups excluding carboxylic acids is 2. The van der Waals surface area contributed by atoms with Crippen molar-refractivity contribution in [2.24, 2.45) is 0 Å². The van der Waals surface area contributed by atoms with Crippen LogP contribution in [0.1, 0.15) is 23.0 Å². The van der Waals surface area contributed by atoms with Gasteiger partial charge in [0, 0.05) is 11.8 Å². The number of ether oxygens (including phenoxy) is 2. The van der Waals surface area contributed by atoms with Crippen molar-refractivity contribution < 1.29 is 27.8 Å². The molecule has 3 rings (SSSR count). The third kappa shape index (κ3) is 5.15.